The average molecular weight is 421 g/mol. The molecule has 0 spiro atoms. The molecular formula is C22H23N5O4. The predicted molar refractivity (Wildman–Crippen MR) is 116 cm³/mol. The first kappa shape index (κ1) is 19.2. The van der Waals surface area contributed by atoms with Crippen LogP contribution in [0.25, 0.3) is 11.0 Å². The number of carbonyl (C=O) groups excluding carboxylic acids is 2. The van der Waals surface area contributed by atoms with E-state index >= 15 is 0 Å². The maximum Gasteiger partial charge on any atom is 0.325 e. The molecule has 0 unspecified atom stereocenters. The Bertz CT molecular complexity index is 1170. The molecule has 2 aliphatic rings. The number of para-hydroxylation sites is 2. The van der Waals surface area contributed by atoms with Gasteiger partial charge in [0, 0.05) is 32.2 Å². The normalized spacial score (nSPS) is 15.7. The van der Waals surface area contributed by atoms with Crippen LogP contribution in [-0.4, -0.2) is 66.8 Å². The number of methoxy groups -OCH3 is 2. The zero-order valence-corrected chi connectivity index (χ0v) is 17.4. The minimum absolute atomic E-state index is 0.00478. The van der Waals surface area contributed by atoms with Gasteiger partial charge in [-0.25, -0.2) is 9.78 Å². The summed E-state index contributed by atoms with van der Waals surface area (Å²) in [4.78, 5) is 35.6. The van der Waals surface area contributed by atoms with E-state index < -0.39 is 0 Å². The number of fused-ring (bicyclic) bond motifs is 3. The fraction of sp³-hybridized carbons (Fsp3) is 0.318. The van der Waals surface area contributed by atoms with Crippen molar-refractivity contribution in [3.8, 4) is 11.5 Å². The minimum Gasteiger partial charge on any atom is -0.497 e. The van der Waals surface area contributed by atoms with Crippen molar-refractivity contribution in [2.45, 2.75) is 6.54 Å². The number of amides is 3. The second kappa shape index (κ2) is 7.50. The van der Waals surface area contributed by atoms with Crippen molar-refractivity contribution in [2.75, 3.05) is 50.2 Å². The second-order valence-electron chi connectivity index (χ2n) is 7.49. The maximum absolute atomic E-state index is 13.1. The lowest BCUT2D eigenvalue weighted by Crippen LogP contribution is -2.42. The number of aromatic nitrogens is 2. The predicted octanol–water partition coefficient (Wildman–Crippen LogP) is 2.34. The molecule has 0 aliphatic carbocycles. The SMILES string of the molecule is COc1ccc(OC)c(N2CCN(CC(=O)N3CCn4c3nc3ccccc34)C2=O)c1. The van der Waals surface area contributed by atoms with Crippen molar-refractivity contribution in [3.05, 3.63) is 42.5 Å². The van der Waals surface area contributed by atoms with E-state index in [4.69, 9.17) is 9.47 Å². The van der Waals surface area contributed by atoms with Crippen LogP contribution in [0.15, 0.2) is 42.5 Å². The average Bonchev–Trinajstić information content (AvgIpc) is 3.47. The van der Waals surface area contributed by atoms with Gasteiger partial charge < -0.3 is 18.9 Å². The molecule has 1 fully saturated rings. The number of urea groups is 1. The van der Waals surface area contributed by atoms with Crippen molar-refractivity contribution in [3.63, 3.8) is 0 Å². The molecule has 0 saturated carbocycles. The molecule has 0 atom stereocenters. The Balaban J connectivity index is 1.34. The third-order valence-electron chi connectivity index (χ3n) is 5.82. The first-order chi connectivity index (χ1) is 15.1. The van der Waals surface area contributed by atoms with Crippen LogP contribution in [0.4, 0.5) is 16.4 Å². The van der Waals surface area contributed by atoms with Crippen LogP contribution in [0, 0.1) is 0 Å². The van der Waals surface area contributed by atoms with E-state index in [9.17, 15) is 9.59 Å². The summed E-state index contributed by atoms with van der Waals surface area (Å²) < 4.78 is 12.8. The van der Waals surface area contributed by atoms with E-state index in [1.54, 1.807) is 47.1 Å². The first-order valence-corrected chi connectivity index (χ1v) is 10.1. The molecule has 1 saturated heterocycles. The Morgan fingerprint density at radius 3 is 2.68 bits per heavy atom. The third kappa shape index (κ3) is 3.13. The summed E-state index contributed by atoms with van der Waals surface area (Å²) in [6, 6.07) is 12.9. The second-order valence-corrected chi connectivity index (χ2v) is 7.49. The monoisotopic (exact) mass is 421 g/mol. The number of nitrogens with zero attached hydrogens (tertiary/aromatic N) is 5. The lowest BCUT2D eigenvalue weighted by Gasteiger charge is -2.22. The van der Waals surface area contributed by atoms with Gasteiger partial charge in [-0.05, 0) is 24.3 Å². The lowest BCUT2D eigenvalue weighted by molar-refractivity contribution is -0.119. The summed E-state index contributed by atoms with van der Waals surface area (Å²) >= 11 is 0. The first-order valence-electron chi connectivity index (χ1n) is 10.1. The summed E-state index contributed by atoms with van der Waals surface area (Å²) in [5.74, 6) is 1.72. The number of rotatable bonds is 5. The molecule has 0 N–H and O–H groups in total. The summed E-state index contributed by atoms with van der Waals surface area (Å²) in [7, 11) is 3.14. The fourth-order valence-electron chi connectivity index (χ4n) is 4.23. The molecule has 9 heteroatoms. The van der Waals surface area contributed by atoms with Gasteiger partial charge in [0.05, 0.1) is 30.9 Å². The molecule has 9 nitrogen and oxygen atoms in total. The molecule has 2 aromatic carbocycles. The molecule has 1 aromatic heterocycles. The zero-order chi connectivity index (χ0) is 21.5. The van der Waals surface area contributed by atoms with Crippen LogP contribution < -0.4 is 19.3 Å². The quantitative estimate of drug-likeness (QED) is 0.632. The molecule has 0 bridgehead atoms. The van der Waals surface area contributed by atoms with E-state index in [0.29, 0.717) is 49.3 Å². The van der Waals surface area contributed by atoms with Crippen LogP contribution in [-0.2, 0) is 11.3 Å². The fourth-order valence-corrected chi connectivity index (χ4v) is 4.23. The Hall–Kier alpha value is -3.75. The van der Waals surface area contributed by atoms with E-state index in [-0.39, 0.29) is 18.5 Å². The molecule has 5 rings (SSSR count). The highest BCUT2D eigenvalue weighted by atomic mass is 16.5. The van der Waals surface area contributed by atoms with Gasteiger partial charge in [0.2, 0.25) is 11.9 Å². The molecular weight excluding hydrogens is 398 g/mol. The van der Waals surface area contributed by atoms with Crippen LogP contribution in [0.5, 0.6) is 11.5 Å². The van der Waals surface area contributed by atoms with Crippen LogP contribution >= 0.6 is 0 Å². The molecule has 2 aliphatic heterocycles. The summed E-state index contributed by atoms with van der Waals surface area (Å²) in [5.41, 5.74) is 2.51. The van der Waals surface area contributed by atoms with Crippen LogP contribution in [0.1, 0.15) is 0 Å². The number of benzene rings is 2. The van der Waals surface area contributed by atoms with Gasteiger partial charge in [-0.1, -0.05) is 12.1 Å². The molecule has 31 heavy (non-hydrogen) atoms. The number of imidazole rings is 1. The maximum atomic E-state index is 13.1. The molecule has 3 amide bonds. The van der Waals surface area contributed by atoms with Gasteiger partial charge in [-0.15, -0.1) is 0 Å². The highest BCUT2D eigenvalue weighted by molar-refractivity contribution is 6.01. The van der Waals surface area contributed by atoms with Crippen LogP contribution in [0.2, 0.25) is 0 Å². The summed E-state index contributed by atoms with van der Waals surface area (Å²) in [5, 5.41) is 0. The molecule has 3 heterocycles. The van der Waals surface area contributed by atoms with Crippen molar-refractivity contribution in [1.29, 1.82) is 0 Å². The number of hydrogen-bond acceptors (Lipinski definition) is 5. The van der Waals surface area contributed by atoms with Crippen molar-refractivity contribution < 1.29 is 19.1 Å². The Kier molecular flexibility index (Phi) is 4.65. The van der Waals surface area contributed by atoms with E-state index in [2.05, 4.69) is 4.98 Å². The lowest BCUT2D eigenvalue weighted by atomic mass is 10.2. The zero-order valence-electron chi connectivity index (χ0n) is 17.4. The van der Waals surface area contributed by atoms with E-state index in [1.807, 2.05) is 28.8 Å². The van der Waals surface area contributed by atoms with Crippen molar-refractivity contribution in [1.82, 2.24) is 14.5 Å². The van der Waals surface area contributed by atoms with Gasteiger partial charge in [0.25, 0.3) is 0 Å². The number of hydrogen-bond donors (Lipinski definition) is 0. The summed E-state index contributed by atoms with van der Waals surface area (Å²) in [6.45, 7) is 2.18. The Labute approximate surface area is 179 Å². The topological polar surface area (TPSA) is 80.1 Å². The van der Waals surface area contributed by atoms with Crippen molar-refractivity contribution >= 4 is 34.6 Å². The third-order valence-corrected chi connectivity index (χ3v) is 5.82. The minimum atomic E-state index is -0.229. The molecule has 3 aromatic rings. The van der Waals surface area contributed by atoms with Gasteiger partial charge in [0.1, 0.15) is 18.0 Å². The molecule has 0 radical (unpaired) electrons. The molecule has 160 valence electrons. The Morgan fingerprint density at radius 1 is 1.03 bits per heavy atom. The smallest absolute Gasteiger partial charge is 0.325 e. The van der Waals surface area contributed by atoms with Crippen LogP contribution in [0.3, 0.4) is 0 Å². The van der Waals surface area contributed by atoms with Crippen molar-refractivity contribution in [2.24, 2.45) is 0 Å². The Morgan fingerprint density at radius 2 is 1.87 bits per heavy atom. The van der Waals surface area contributed by atoms with Gasteiger partial charge in [0.15, 0.2) is 0 Å². The van der Waals surface area contributed by atoms with Gasteiger partial charge in [-0.2, -0.15) is 0 Å². The van der Waals surface area contributed by atoms with Gasteiger partial charge in [-0.3, -0.25) is 14.6 Å². The largest absolute Gasteiger partial charge is 0.497 e. The standard InChI is InChI=1S/C22H23N5O4/c1-30-15-7-8-19(31-2)18(13-15)26-10-9-24(22(26)29)14-20(28)27-12-11-25-17-6-4-3-5-16(17)23-21(25)27/h3-8,13H,9-12,14H2,1-2H3. The highest BCUT2D eigenvalue weighted by Gasteiger charge is 2.35. The number of carbonyl (C=O) groups is 2. The van der Waals surface area contributed by atoms with E-state index in [0.717, 1.165) is 11.0 Å². The number of anilines is 2. The summed E-state index contributed by atoms with van der Waals surface area (Å²) in [6.07, 6.45) is 0. The van der Waals surface area contributed by atoms with E-state index in [1.165, 1.54) is 0 Å². The number of ether oxygens (including phenoxy) is 2. The van der Waals surface area contributed by atoms with Gasteiger partial charge >= 0.3 is 6.03 Å². The highest BCUT2D eigenvalue weighted by Crippen LogP contribution is 2.34.